The molecule has 0 heterocycles. The van der Waals surface area contributed by atoms with Gasteiger partial charge in [-0.25, -0.2) is 13.2 Å². The first kappa shape index (κ1) is 24.2. The fourth-order valence-electron chi connectivity index (χ4n) is 3.95. The zero-order valence-corrected chi connectivity index (χ0v) is 17.3. The second kappa shape index (κ2) is 9.58. The molecule has 1 aliphatic carbocycles. The van der Waals surface area contributed by atoms with E-state index in [9.17, 15) is 30.7 Å². The van der Waals surface area contributed by atoms with Gasteiger partial charge in [-0.1, -0.05) is 19.8 Å². The van der Waals surface area contributed by atoms with Gasteiger partial charge in [0, 0.05) is 12.1 Å². The molecule has 2 nitrogen and oxygen atoms in total. The third-order valence-electron chi connectivity index (χ3n) is 5.67. The van der Waals surface area contributed by atoms with Crippen molar-refractivity contribution >= 4 is 0 Å². The number of hydrogen-bond donors (Lipinski definition) is 0. The van der Waals surface area contributed by atoms with E-state index in [1.807, 2.05) is 0 Å². The van der Waals surface area contributed by atoms with Crippen molar-refractivity contribution in [3.8, 4) is 11.5 Å². The normalized spacial score (nSPS) is 19.6. The average Bonchev–Trinajstić information content (AvgIpc) is 2.72. The maximum atomic E-state index is 14.5. The molecule has 3 rings (SSSR count). The lowest BCUT2D eigenvalue weighted by Gasteiger charge is -2.33. The van der Waals surface area contributed by atoms with Gasteiger partial charge in [0.1, 0.15) is 11.5 Å². The van der Waals surface area contributed by atoms with Crippen molar-refractivity contribution in [1.82, 2.24) is 0 Å². The van der Waals surface area contributed by atoms with Crippen LogP contribution >= 0.6 is 0 Å². The molecule has 0 bridgehead atoms. The van der Waals surface area contributed by atoms with Crippen LogP contribution in [0.25, 0.3) is 0 Å². The van der Waals surface area contributed by atoms with E-state index in [2.05, 4.69) is 11.7 Å². The van der Waals surface area contributed by atoms with E-state index in [0.717, 1.165) is 37.1 Å². The highest BCUT2D eigenvalue weighted by molar-refractivity contribution is 5.31. The van der Waals surface area contributed by atoms with E-state index >= 15 is 0 Å². The molecule has 1 aliphatic rings. The molecule has 0 unspecified atom stereocenters. The maximum Gasteiger partial charge on any atom is 0.426 e. The Labute approximate surface area is 181 Å². The summed E-state index contributed by atoms with van der Waals surface area (Å²) in [6, 6.07) is 4.04. The van der Waals surface area contributed by atoms with Gasteiger partial charge in [0.2, 0.25) is 0 Å². The molecule has 1 fully saturated rings. The highest BCUT2D eigenvalue weighted by atomic mass is 19.3. The van der Waals surface area contributed by atoms with E-state index in [1.165, 1.54) is 0 Å². The number of ether oxygens (including phenoxy) is 2. The van der Waals surface area contributed by atoms with Crippen molar-refractivity contribution in [3.05, 3.63) is 59.4 Å². The Morgan fingerprint density at radius 1 is 0.812 bits per heavy atom. The minimum atomic E-state index is -4.06. The van der Waals surface area contributed by atoms with Crippen molar-refractivity contribution in [2.24, 2.45) is 11.8 Å². The summed E-state index contributed by atoms with van der Waals surface area (Å²) in [5.41, 5.74) is -0.765. The van der Waals surface area contributed by atoms with E-state index in [0.29, 0.717) is 31.6 Å². The van der Waals surface area contributed by atoms with Crippen LogP contribution in [-0.4, -0.2) is 6.11 Å². The van der Waals surface area contributed by atoms with Gasteiger partial charge >= 0.3 is 12.2 Å². The van der Waals surface area contributed by atoms with E-state index < -0.39 is 46.9 Å². The maximum absolute atomic E-state index is 14.5. The van der Waals surface area contributed by atoms with Crippen molar-refractivity contribution in [2.75, 3.05) is 0 Å². The van der Waals surface area contributed by atoms with Crippen LogP contribution in [0.3, 0.4) is 0 Å². The molecule has 2 aromatic rings. The van der Waals surface area contributed by atoms with Gasteiger partial charge in [-0.2, -0.15) is 17.6 Å². The topological polar surface area (TPSA) is 18.5 Å². The summed E-state index contributed by atoms with van der Waals surface area (Å²) in [5.74, 6) is -6.95. The van der Waals surface area contributed by atoms with Crippen molar-refractivity contribution in [2.45, 2.75) is 57.7 Å². The lowest BCUT2D eigenvalue weighted by atomic mass is 9.79. The van der Waals surface area contributed by atoms with E-state index in [-0.39, 0.29) is 17.9 Å². The fourth-order valence-corrected chi connectivity index (χ4v) is 3.95. The van der Waals surface area contributed by atoms with Gasteiger partial charge in [-0.15, -0.1) is 0 Å². The van der Waals surface area contributed by atoms with Crippen LogP contribution in [0.1, 0.15) is 51.0 Å². The summed E-state index contributed by atoms with van der Waals surface area (Å²) in [6.45, 7) is 2.05. The fraction of sp³-hybridized carbons (Fsp3) is 0.478. The number of halogens is 7. The molecule has 0 N–H and O–H groups in total. The number of benzene rings is 2. The lowest BCUT2D eigenvalue weighted by molar-refractivity contribution is -0.223. The zero-order chi connectivity index (χ0) is 23.5. The first-order chi connectivity index (χ1) is 15.0. The van der Waals surface area contributed by atoms with Crippen LogP contribution in [0.5, 0.6) is 11.5 Å². The molecule has 1 saturated carbocycles. The van der Waals surface area contributed by atoms with Gasteiger partial charge in [0.25, 0.3) is 0 Å². The molecule has 2 aromatic carbocycles. The largest absolute Gasteiger partial charge is 0.432 e. The molecule has 9 heteroatoms. The lowest BCUT2D eigenvalue weighted by Crippen LogP contribution is -2.37. The predicted molar refractivity (Wildman–Crippen MR) is 103 cm³/mol. The Morgan fingerprint density at radius 2 is 1.38 bits per heavy atom. The zero-order valence-electron chi connectivity index (χ0n) is 17.3. The van der Waals surface area contributed by atoms with Gasteiger partial charge in [-0.3, -0.25) is 0 Å². The van der Waals surface area contributed by atoms with Crippen LogP contribution in [0, 0.1) is 29.3 Å². The van der Waals surface area contributed by atoms with E-state index in [1.54, 1.807) is 0 Å². The Morgan fingerprint density at radius 3 is 1.91 bits per heavy atom. The molecule has 32 heavy (non-hydrogen) atoms. The summed E-state index contributed by atoms with van der Waals surface area (Å²) >= 11 is 0. The number of alkyl halides is 4. The first-order valence-corrected chi connectivity index (χ1v) is 10.4. The summed E-state index contributed by atoms with van der Waals surface area (Å²) in [4.78, 5) is 0. The Hall–Kier alpha value is -2.45. The SMILES string of the molecule is CCCC1CCC(C(F)(F)Oc2ccc(C(F)(F)Oc3cc(F)c(F)c(F)c3)cc2)CC1. The Bertz CT molecular complexity index is 884. The molecular weight excluding hydrogens is 441 g/mol. The Balaban J connectivity index is 1.65. The highest BCUT2D eigenvalue weighted by Gasteiger charge is 2.44. The average molecular weight is 464 g/mol. The first-order valence-electron chi connectivity index (χ1n) is 10.4. The van der Waals surface area contributed by atoms with Crippen molar-refractivity contribution in [1.29, 1.82) is 0 Å². The molecular formula is C23H23F7O2. The second-order valence-electron chi connectivity index (χ2n) is 8.01. The van der Waals surface area contributed by atoms with E-state index in [4.69, 9.17) is 4.74 Å². The molecule has 0 amide bonds. The summed E-state index contributed by atoms with van der Waals surface area (Å²) in [6.07, 6.45) is -3.44. The predicted octanol–water partition coefficient (Wildman–Crippen LogP) is 7.81. The molecule has 0 radical (unpaired) electrons. The quantitative estimate of drug-likeness (QED) is 0.293. The summed E-state index contributed by atoms with van der Waals surface area (Å²) < 4.78 is 106. The molecule has 0 spiro atoms. The minimum Gasteiger partial charge on any atom is -0.432 e. The third kappa shape index (κ3) is 5.66. The van der Waals surface area contributed by atoms with Crippen molar-refractivity contribution in [3.63, 3.8) is 0 Å². The smallest absolute Gasteiger partial charge is 0.426 e. The Kier molecular flexibility index (Phi) is 7.25. The summed E-state index contributed by atoms with van der Waals surface area (Å²) in [5, 5.41) is 0. The molecule has 0 saturated heterocycles. The third-order valence-corrected chi connectivity index (χ3v) is 5.67. The van der Waals surface area contributed by atoms with Crippen LogP contribution < -0.4 is 9.47 Å². The van der Waals surface area contributed by atoms with Gasteiger partial charge in [0.15, 0.2) is 17.5 Å². The second-order valence-corrected chi connectivity index (χ2v) is 8.01. The number of rotatable bonds is 8. The van der Waals surface area contributed by atoms with Gasteiger partial charge in [0.05, 0.1) is 11.5 Å². The monoisotopic (exact) mass is 464 g/mol. The summed E-state index contributed by atoms with van der Waals surface area (Å²) in [7, 11) is 0. The van der Waals surface area contributed by atoms with Gasteiger partial charge < -0.3 is 9.47 Å². The molecule has 0 aliphatic heterocycles. The molecule has 0 aromatic heterocycles. The van der Waals surface area contributed by atoms with Crippen LogP contribution in [0.2, 0.25) is 0 Å². The molecule has 176 valence electrons. The van der Waals surface area contributed by atoms with Crippen LogP contribution in [-0.2, 0) is 6.11 Å². The van der Waals surface area contributed by atoms with Gasteiger partial charge in [-0.05, 0) is 55.9 Å². The standard InChI is InChI=1S/C23H23F7O2/c1-2-3-14-4-6-15(7-5-14)22(27,28)31-17-10-8-16(9-11-17)23(29,30)32-18-12-19(24)21(26)20(25)13-18/h8-15H,2-7H2,1H3. The minimum absolute atomic E-state index is 0.277. The van der Waals surface area contributed by atoms with Crippen LogP contribution in [0.15, 0.2) is 36.4 Å². The highest BCUT2D eigenvalue weighted by Crippen LogP contribution is 2.41. The molecule has 0 atom stereocenters. The van der Waals surface area contributed by atoms with Crippen molar-refractivity contribution < 1.29 is 40.2 Å². The van der Waals surface area contributed by atoms with Crippen LogP contribution in [0.4, 0.5) is 30.7 Å². The number of hydrogen-bond acceptors (Lipinski definition) is 2.